The second-order valence-electron chi connectivity index (χ2n) is 3.67. The lowest BCUT2D eigenvalue weighted by molar-refractivity contribution is 0.837. The van der Waals surface area contributed by atoms with Gasteiger partial charge < -0.3 is 5.73 Å². The van der Waals surface area contributed by atoms with Crippen molar-refractivity contribution in [3.8, 4) is 0 Å². The third-order valence-electron chi connectivity index (χ3n) is 2.58. The van der Waals surface area contributed by atoms with E-state index in [0.717, 1.165) is 24.4 Å². The van der Waals surface area contributed by atoms with E-state index in [0.29, 0.717) is 0 Å². The summed E-state index contributed by atoms with van der Waals surface area (Å²) < 4.78 is 0. The Labute approximate surface area is 94.9 Å². The molecule has 2 rings (SSSR count). The Hall–Kier alpha value is -1.05. The largest absolute Gasteiger partial charge is 0.330 e. The average Bonchev–Trinajstić information content (AvgIpc) is 2.26. The van der Waals surface area contributed by atoms with Gasteiger partial charge in [0.1, 0.15) is 0 Å². The van der Waals surface area contributed by atoms with Crippen molar-refractivity contribution in [1.82, 2.24) is 0 Å². The lowest BCUT2D eigenvalue weighted by atomic mass is 10.0. The molecular weight excluding hydrogens is 206 g/mol. The van der Waals surface area contributed by atoms with E-state index < -0.39 is 0 Å². The van der Waals surface area contributed by atoms with Gasteiger partial charge in [0.05, 0.1) is 0 Å². The van der Waals surface area contributed by atoms with Gasteiger partial charge in [-0.15, -0.1) is 0 Å². The summed E-state index contributed by atoms with van der Waals surface area (Å²) >= 11 is 6.00. The Balaban J connectivity index is 2.48. The van der Waals surface area contributed by atoms with Crippen LogP contribution in [0.1, 0.15) is 12.0 Å². The minimum absolute atomic E-state index is 0.733. The molecule has 0 saturated heterocycles. The molecule has 0 aliphatic carbocycles. The summed E-state index contributed by atoms with van der Waals surface area (Å²) in [6, 6.07) is 12.4. The molecular formula is C13H14ClN. The van der Waals surface area contributed by atoms with E-state index in [2.05, 4.69) is 24.3 Å². The molecule has 0 heterocycles. The van der Waals surface area contributed by atoms with E-state index in [-0.39, 0.29) is 0 Å². The first-order valence-corrected chi connectivity index (χ1v) is 5.56. The SMILES string of the molecule is NCCCc1cccc2ccc(Cl)cc12. The smallest absolute Gasteiger partial charge is 0.0412 e. The summed E-state index contributed by atoms with van der Waals surface area (Å²) in [7, 11) is 0. The fourth-order valence-electron chi connectivity index (χ4n) is 1.82. The van der Waals surface area contributed by atoms with Gasteiger partial charge in [-0.2, -0.15) is 0 Å². The molecule has 0 fully saturated rings. The van der Waals surface area contributed by atoms with Gasteiger partial charge >= 0.3 is 0 Å². The second-order valence-corrected chi connectivity index (χ2v) is 4.11. The Bertz CT molecular complexity index is 465. The molecule has 2 aromatic carbocycles. The predicted molar refractivity (Wildman–Crippen MR) is 66.3 cm³/mol. The van der Waals surface area contributed by atoms with Crippen LogP contribution in [0.4, 0.5) is 0 Å². The summed E-state index contributed by atoms with van der Waals surface area (Å²) in [5.41, 5.74) is 6.86. The van der Waals surface area contributed by atoms with E-state index in [1.807, 2.05) is 12.1 Å². The standard InChI is InChI=1S/C13H14ClN/c14-12-7-6-11-4-1-3-10(5-2-8-15)13(11)9-12/h1,3-4,6-7,9H,2,5,8,15H2. The molecule has 0 unspecified atom stereocenters. The summed E-state index contributed by atoms with van der Waals surface area (Å²) in [6.07, 6.45) is 2.04. The lowest BCUT2D eigenvalue weighted by Gasteiger charge is -2.06. The number of rotatable bonds is 3. The van der Waals surface area contributed by atoms with Crippen LogP contribution in [0.3, 0.4) is 0 Å². The van der Waals surface area contributed by atoms with Gasteiger partial charge in [-0.3, -0.25) is 0 Å². The number of hydrogen-bond acceptors (Lipinski definition) is 1. The predicted octanol–water partition coefficient (Wildman–Crippen LogP) is 3.38. The Morgan fingerprint density at radius 2 is 2.00 bits per heavy atom. The maximum Gasteiger partial charge on any atom is 0.0412 e. The minimum Gasteiger partial charge on any atom is -0.330 e. The normalized spacial score (nSPS) is 10.8. The van der Waals surface area contributed by atoms with E-state index >= 15 is 0 Å². The fraction of sp³-hybridized carbons (Fsp3) is 0.231. The topological polar surface area (TPSA) is 26.0 Å². The molecule has 15 heavy (non-hydrogen) atoms. The Morgan fingerprint density at radius 1 is 1.13 bits per heavy atom. The molecule has 0 aliphatic rings. The van der Waals surface area contributed by atoms with Crippen LogP contribution in [0, 0.1) is 0 Å². The van der Waals surface area contributed by atoms with Crippen molar-refractivity contribution >= 4 is 22.4 Å². The molecule has 2 N–H and O–H groups in total. The summed E-state index contributed by atoms with van der Waals surface area (Å²) in [5, 5.41) is 3.29. The van der Waals surface area contributed by atoms with Crippen LogP contribution in [-0.2, 0) is 6.42 Å². The maximum atomic E-state index is 6.00. The van der Waals surface area contributed by atoms with Crippen molar-refractivity contribution in [3.63, 3.8) is 0 Å². The van der Waals surface area contributed by atoms with Crippen LogP contribution in [0.2, 0.25) is 5.02 Å². The van der Waals surface area contributed by atoms with E-state index in [9.17, 15) is 0 Å². The third kappa shape index (κ3) is 2.31. The first-order chi connectivity index (χ1) is 7.31. The van der Waals surface area contributed by atoms with Crippen molar-refractivity contribution in [2.45, 2.75) is 12.8 Å². The quantitative estimate of drug-likeness (QED) is 0.842. The molecule has 2 heteroatoms. The molecule has 0 radical (unpaired) electrons. The van der Waals surface area contributed by atoms with Crippen molar-refractivity contribution in [1.29, 1.82) is 0 Å². The van der Waals surface area contributed by atoms with Crippen molar-refractivity contribution < 1.29 is 0 Å². The Kier molecular flexibility index (Phi) is 3.24. The fourth-order valence-corrected chi connectivity index (χ4v) is 1.99. The first kappa shape index (κ1) is 10.5. The van der Waals surface area contributed by atoms with Crippen LogP contribution in [0.25, 0.3) is 10.8 Å². The zero-order chi connectivity index (χ0) is 10.7. The molecule has 2 aromatic rings. The van der Waals surface area contributed by atoms with Gasteiger partial charge in [-0.25, -0.2) is 0 Å². The number of aryl methyl sites for hydroxylation is 1. The van der Waals surface area contributed by atoms with Crippen molar-refractivity contribution in [2.24, 2.45) is 5.73 Å². The van der Waals surface area contributed by atoms with Gasteiger partial charge in [0.2, 0.25) is 0 Å². The number of fused-ring (bicyclic) bond motifs is 1. The Morgan fingerprint density at radius 3 is 2.80 bits per heavy atom. The molecule has 0 saturated carbocycles. The molecule has 78 valence electrons. The molecule has 1 nitrogen and oxygen atoms in total. The van der Waals surface area contributed by atoms with E-state index in [1.54, 1.807) is 0 Å². The van der Waals surface area contributed by atoms with Gasteiger partial charge in [0.15, 0.2) is 0 Å². The van der Waals surface area contributed by atoms with Crippen molar-refractivity contribution in [2.75, 3.05) is 6.54 Å². The highest BCUT2D eigenvalue weighted by molar-refractivity contribution is 6.31. The van der Waals surface area contributed by atoms with Crippen LogP contribution >= 0.6 is 11.6 Å². The summed E-state index contributed by atoms with van der Waals surface area (Å²) in [5.74, 6) is 0. The highest BCUT2D eigenvalue weighted by Gasteiger charge is 2.00. The van der Waals surface area contributed by atoms with Gasteiger partial charge in [-0.1, -0.05) is 35.9 Å². The van der Waals surface area contributed by atoms with Crippen molar-refractivity contribution in [3.05, 3.63) is 47.0 Å². The first-order valence-electron chi connectivity index (χ1n) is 5.18. The third-order valence-corrected chi connectivity index (χ3v) is 2.82. The average molecular weight is 220 g/mol. The molecule has 0 spiro atoms. The number of hydrogen-bond donors (Lipinski definition) is 1. The molecule has 0 bridgehead atoms. The summed E-state index contributed by atoms with van der Waals surface area (Å²) in [4.78, 5) is 0. The van der Waals surface area contributed by atoms with E-state index in [1.165, 1.54) is 16.3 Å². The van der Waals surface area contributed by atoms with Crippen LogP contribution < -0.4 is 5.73 Å². The van der Waals surface area contributed by atoms with Crippen LogP contribution in [0.15, 0.2) is 36.4 Å². The highest BCUT2D eigenvalue weighted by Crippen LogP contribution is 2.23. The monoisotopic (exact) mass is 219 g/mol. The molecule has 0 atom stereocenters. The van der Waals surface area contributed by atoms with E-state index in [4.69, 9.17) is 17.3 Å². The number of benzene rings is 2. The van der Waals surface area contributed by atoms with Gasteiger partial charge in [0, 0.05) is 5.02 Å². The van der Waals surface area contributed by atoms with Crippen LogP contribution in [0.5, 0.6) is 0 Å². The lowest BCUT2D eigenvalue weighted by Crippen LogP contribution is -2.00. The molecule has 0 aromatic heterocycles. The molecule has 0 aliphatic heterocycles. The maximum absolute atomic E-state index is 6.00. The minimum atomic E-state index is 0.733. The van der Waals surface area contributed by atoms with Gasteiger partial charge in [0.25, 0.3) is 0 Å². The number of nitrogens with two attached hydrogens (primary N) is 1. The zero-order valence-electron chi connectivity index (χ0n) is 8.54. The number of halogens is 1. The highest BCUT2D eigenvalue weighted by atomic mass is 35.5. The molecule has 0 amide bonds. The zero-order valence-corrected chi connectivity index (χ0v) is 9.30. The second kappa shape index (κ2) is 4.65. The summed E-state index contributed by atoms with van der Waals surface area (Å²) in [6.45, 7) is 0.733. The van der Waals surface area contributed by atoms with Gasteiger partial charge in [-0.05, 0) is 47.9 Å². The van der Waals surface area contributed by atoms with Crippen LogP contribution in [-0.4, -0.2) is 6.54 Å².